The first kappa shape index (κ1) is 11.0. The summed E-state index contributed by atoms with van der Waals surface area (Å²) in [5, 5.41) is 9.11. The van der Waals surface area contributed by atoms with Crippen molar-refractivity contribution in [3.63, 3.8) is 0 Å². The molecule has 0 aliphatic rings. The van der Waals surface area contributed by atoms with Crippen LogP contribution in [0.2, 0.25) is 0 Å². The van der Waals surface area contributed by atoms with E-state index in [0.717, 1.165) is 0 Å². The van der Waals surface area contributed by atoms with Gasteiger partial charge in [0.05, 0.1) is 5.57 Å². The number of carbonyl (C=O) groups is 1. The van der Waals surface area contributed by atoms with E-state index in [9.17, 15) is 4.79 Å². The summed E-state index contributed by atoms with van der Waals surface area (Å²) in [6, 6.07) is 8.92. The molecule has 0 bridgehead atoms. The highest BCUT2D eigenvalue weighted by atomic mass is 16.4. The van der Waals surface area contributed by atoms with Crippen LogP contribution in [-0.4, -0.2) is 11.1 Å². The highest BCUT2D eigenvalue weighted by Gasteiger charge is 2.12. The van der Waals surface area contributed by atoms with E-state index in [-0.39, 0.29) is 5.57 Å². The third kappa shape index (κ3) is 2.44. The maximum Gasteiger partial charge on any atom is 0.336 e. The summed E-state index contributed by atoms with van der Waals surface area (Å²) in [6.45, 7) is 7.14. The van der Waals surface area contributed by atoms with E-state index in [1.165, 1.54) is 12.2 Å². The van der Waals surface area contributed by atoms with Gasteiger partial charge in [0.1, 0.15) is 0 Å². The lowest BCUT2D eigenvalue weighted by Crippen LogP contribution is -2.02. The Morgan fingerprint density at radius 3 is 2.07 bits per heavy atom. The number of benzene rings is 1. The smallest absolute Gasteiger partial charge is 0.336 e. The minimum absolute atomic E-state index is 0.223. The largest absolute Gasteiger partial charge is 0.478 e. The van der Waals surface area contributed by atoms with Crippen molar-refractivity contribution in [1.82, 2.24) is 0 Å². The summed E-state index contributed by atoms with van der Waals surface area (Å²) in [6.07, 6.45) is 2.98. The van der Waals surface area contributed by atoms with Gasteiger partial charge in [0, 0.05) is 0 Å². The third-order valence-electron chi connectivity index (χ3n) is 2.00. The average Bonchev–Trinajstić information content (AvgIpc) is 2.26. The topological polar surface area (TPSA) is 37.3 Å². The molecule has 1 aromatic carbocycles. The maximum absolute atomic E-state index is 11.1. The van der Waals surface area contributed by atoms with Gasteiger partial charge < -0.3 is 5.11 Å². The number of aliphatic carboxylic acids is 1. The summed E-state index contributed by atoms with van der Waals surface area (Å²) in [7, 11) is 0. The lowest BCUT2D eigenvalue weighted by Gasteiger charge is -2.05. The molecule has 0 saturated carbocycles. The molecule has 1 aromatic rings. The average molecular weight is 200 g/mol. The standard InChI is InChI=1S/C13H12O2/c1-3-10(4-2)12(13(14)15)11-8-6-5-7-9-11/h3-9H,1-2H2,(H,14,15). The van der Waals surface area contributed by atoms with Crippen molar-refractivity contribution in [2.45, 2.75) is 0 Å². The highest BCUT2D eigenvalue weighted by molar-refractivity contribution is 6.17. The van der Waals surface area contributed by atoms with Gasteiger partial charge in [0.2, 0.25) is 0 Å². The fraction of sp³-hybridized carbons (Fsp3) is 0. The Kier molecular flexibility index (Phi) is 3.63. The normalized spacial score (nSPS) is 9.07. The molecular formula is C13H12O2. The molecule has 0 aliphatic heterocycles. The van der Waals surface area contributed by atoms with E-state index in [4.69, 9.17) is 5.11 Å². The Morgan fingerprint density at radius 2 is 1.67 bits per heavy atom. The molecule has 0 radical (unpaired) electrons. The lowest BCUT2D eigenvalue weighted by molar-refractivity contribution is -0.130. The van der Waals surface area contributed by atoms with E-state index in [2.05, 4.69) is 13.2 Å². The fourth-order valence-corrected chi connectivity index (χ4v) is 1.31. The Balaban J connectivity index is 3.38. The second kappa shape index (κ2) is 4.96. The second-order valence-electron chi connectivity index (χ2n) is 2.91. The monoisotopic (exact) mass is 200 g/mol. The van der Waals surface area contributed by atoms with E-state index >= 15 is 0 Å². The van der Waals surface area contributed by atoms with Gasteiger partial charge in [-0.2, -0.15) is 0 Å². The molecular weight excluding hydrogens is 188 g/mol. The molecule has 0 saturated heterocycles. The molecule has 0 aromatic heterocycles. The molecule has 0 fully saturated rings. The van der Waals surface area contributed by atoms with Crippen LogP contribution in [0.25, 0.3) is 5.57 Å². The molecule has 2 nitrogen and oxygen atoms in total. The van der Waals surface area contributed by atoms with Crippen LogP contribution in [0.15, 0.2) is 61.2 Å². The maximum atomic E-state index is 11.1. The van der Waals surface area contributed by atoms with Gasteiger partial charge in [0.25, 0.3) is 0 Å². The van der Waals surface area contributed by atoms with E-state index < -0.39 is 5.97 Å². The van der Waals surface area contributed by atoms with Crippen LogP contribution in [0.5, 0.6) is 0 Å². The molecule has 15 heavy (non-hydrogen) atoms. The molecule has 0 aliphatic carbocycles. The van der Waals surface area contributed by atoms with Gasteiger partial charge in [-0.15, -0.1) is 0 Å². The molecule has 1 N–H and O–H groups in total. The predicted molar refractivity (Wildman–Crippen MR) is 61.4 cm³/mol. The molecule has 2 heteroatoms. The Bertz CT molecular complexity index is 403. The molecule has 1 rings (SSSR count). The molecule has 0 unspecified atom stereocenters. The fourth-order valence-electron chi connectivity index (χ4n) is 1.31. The molecule has 0 atom stereocenters. The zero-order chi connectivity index (χ0) is 11.3. The highest BCUT2D eigenvalue weighted by Crippen LogP contribution is 2.20. The minimum atomic E-state index is -0.976. The van der Waals surface area contributed by atoms with Crippen molar-refractivity contribution in [2.24, 2.45) is 0 Å². The van der Waals surface area contributed by atoms with Gasteiger partial charge >= 0.3 is 5.97 Å². The number of rotatable bonds is 4. The van der Waals surface area contributed by atoms with Gasteiger partial charge in [-0.05, 0) is 11.1 Å². The Hall–Kier alpha value is -2.09. The van der Waals surface area contributed by atoms with Crippen molar-refractivity contribution in [2.75, 3.05) is 0 Å². The van der Waals surface area contributed by atoms with Crippen LogP contribution in [-0.2, 0) is 4.79 Å². The summed E-state index contributed by atoms with van der Waals surface area (Å²) in [4.78, 5) is 11.1. The predicted octanol–water partition coefficient (Wildman–Crippen LogP) is 2.90. The first-order valence-corrected chi connectivity index (χ1v) is 4.48. The van der Waals surface area contributed by atoms with E-state index in [1.54, 1.807) is 24.3 Å². The van der Waals surface area contributed by atoms with Crippen LogP contribution in [0.4, 0.5) is 0 Å². The quantitative estimate of drug-likeness (QED) is 0.599. The molecule has 76 valence electrons. The zero-order valence-electron chi connectivity index (χ0n) is 8.31. The van der Waals surface area contributed by atoms with Crippen LogP contribution >= 0.6 is 0 Å². The second-order valence-corrected chi connectivity index (χ2v) is 2.91. The zero-order valence-corrected chi connectivity index (χ0v) is 8.31. The number of allylic oxidation sites excluding steroid dienone is 3. The first-order valence-electron chi connectivity index (χ1n) is 4.48. The number of hydrogen-bond acceptors (Lipinski definition) is 1. The first-order chi connectivity index (χ1) is 7.20. The Labute approximate surface area is 88.9 Å². The van der Waals surface area contributed by atoms with Crippen molar-refractivity contribution in [1.29, 1.82) is 0 Å². The molecule has 0 heterocycles. The van der Waals surface area contributed by atoms with Crippen LogP contribution in [0.1, 0.15) is 5.56 Å². The molecule has 0 spiro atoms. The van der Waals surface area contributed by atoms with Crippen molar-refractivity contribution < 1.29 is 9.90 Å². The number of carboxylic acids is 1. The summed E-state index contributed by atoms with van der Waals surface area (Å²) >= 11 is 0. The van der Waals surface area contributed by atoms with Gasteiger partial charge in [-0.3, -0.25) is 0 Å². The van der Waals surface area contributed by atoms with E-state index in [1.807, 2.05) is 6.07 Å². The number of carboxylic acid groups (broad SMARTS) is 1. The number of hydrogen-bond donors (Lipinski definition) is 1. The van der Waals surface area contributed by atoms with Crippen LogP contribution in [0.3, 0.4) is 0 Å². The molecule has 0 amide bonds. The SMILES string of the molecule is C=CC(C=C)=C(C(=O)O)c1ccccc1. The van der Waals surface area contributed by atoms with Crippen LogP contribution < -0.4 is 0 Å². The van der Waals surface area contributed by atoms with Crippen LogP contribution in [0, 0.1) is 0 Å². The summed E-state index contributed by atoms with van der Waals surface area (Å²) < 4.78 is 0. The van der Waals surface area contributed by atoms with Gasteiger partial charge in [-0.25, -0.2) is 4.79 Å². The third-order valence-corrected chi connectivity index (χ3v) is 2.00. The van der Waals surface area contributed by atoms with Gasteiger partial charge in [0.15, 0.2) is 0 Å². The summed E-state index contributed by atoms with van der Waals surface area (Å²) in [5.74, 6) is -0.976. The van der Waals surface area contributed by atoms with Gasteiger partial charge in [-0.1, -0.05) is 55.6 Å². The summed E-state index contributed by atoms with van der Waals surface area (Å²) in [5.41, 5.74) is 1.40. The van der Waals surface area contributed by atoms with Crippen molar-refractivity contribution >= 4 is 11.5 Å². The lowest BCUT2D eigenvalue weighted by atomic mass is 10.00. The van der Waals surface area contributed by atoms with Crippen molar-refractivity contribution in [3.8, 4) is 0 Å². The minimum Gasteiger partial charge on any atom is -0.478 e. The van der Waals surface area contributed by atoms with Crippen molar-refractivity contribution in [3.05, 3.63) is 66.8 Å². The Morgan fingerprint density at radius 1 is 1.13 bits per heavy atom. The van der Waals surface area contributed by atoms with E-state index in [0.29, 0.717) is 11.1 Å².